The molecule has 1 atom stereocenters. The van der Waals surface area contributed by atoms with E-state index in [-0.39, 0.29) is 5.91 Å². The molecule has 0 aromatic heterocycles. The van der Waals surface area contributed by atoms with Gasteiger partial charge in [-0.05, 0) is 81.0 Å². The van der Waals surface area contributed by atoms with E-state index in [4.69, 9.17) is 9.47 Å². The molecule has 0 saturated heterocycles. The Hall–Kier alpha value is -2.49. The molecule has 0 radical (unpaired) electrons. The van der Waals surface area contributed by atoms with Crippen molar-refractivity contribution < 1.29 is 14.3 Å². The van der Waals surface area contributed by atoms with E-state index in [9.17, 15) is 4.79 Å². The molecule has 0 heterocycles. The minimum Gasteiger partial charge on any atom is -0.497 e. The van der Waals surface area contributed by atoms with Crippen LogP contribution in [0.25, 0.3) is 0 Å². The first-order chi connectivity index (χ1) is 12.4. The fraction of sp³-hybridized carbons (Fsp3) is 0.409. The Morgan fingerprint density at radius 1 is 1.12 bits per heavy atom. The van der Waals surface area contributed by atoms with Crippen LogP contribution < -0.4 is 14.8 Å². The van der Waals surface area contributed by atoms with Gasteiger partial charge in [0.05, 0.1) is 7.11 Å². The Balaban J connectivity index is 1.78. The van der Waals surface area contributed by atoms with Crippen LogP contribution in [0.1, 0.15) is 35.6 Å². The Bertz CT molecular complexity index is 738. The fourth-order valence-corrected chi connectivity index (χ4v) is 2.81. The van der Waals surface area contributed by atoms with Gasteiger partial charge >= 0.3 is 0 Å². The second-order valence-electron chi connectivity index (χ2n) is 6.71. The Kier molecular flexibility index (Phi) is 7.07. The van der Waals surface area contributed by atoms with Crippen LogP contribution in [0.5, 0.6) is 11.5 Å². The van der Waals surface area contributed by atoms with Gasteiger partial charge in [0.15, 0.2) is 6.10 Å². The zero-order valence-corrected chi connectivity index (χ0v) is 16.4. The van der Waals surface area contributed by atoms with E-state index in [1.54, 1.807) is 14.0 Å². The lowest BCUT2D eigenvalue weighted by molar-refractivity contribution is -0.127. The molecule has 1 amide bonds. The molecule has 0 fully saturated rings. The molecule has 0 aliphatic carbocycles. The molecule has 0 aliphatic heterocycles. The summed E-state index contributed by atoms with van der Waals surface area (Å²) in [4.78, 5) is 12.3. The van der Waals surface area contributed by atoms with Crippen molar-refractivity contribution in [2.45, 2.75) is 46.6 Å². The van der Waals surface area contributed by atoms with E-state index in [1.165, 1.54) is 11.1 Å². The predicted molar refractivity (Wildman–Crippen MR) is 105 cm³/mol. The number of hydrogen-bond acceptors (Lipinski definition) is 3. The number of methoxy groups -OCH3 is 1. The smallest absolute Gasteiger partial charge is 0.260 e. The van der Waals surface area contributed by atoms with Gasteiger partial charge in [-0.1, -0.05) is 18.2 Å². The van der Waals surface area contributed by atoms with Crippen molar-refractivity contribution >= 4 is 5.91 Å². The molecule has 2 rings (SSSR count). The van der Waals surface area contributed by atoms with Crippen LogP contribution in [0.15, 0.2) is 36.4 Å². The number of carbonyl (C=O) groups excluding carboxylic acids is 1. The largest absolute Gasteiger partial charge is 0.497 e. The summed E-state index contributed by atoms with van der Waals surface area (Å²) in [6.07, 6.45) is 1.28. The predicted octanol–water partition coefficient (Wildman–Crippen LogP) is 4.14. The molecule has 4 nitrogen and oxygen atoms in total. The highest BCUT2D eigenvalue weighted by atomic mass is 16.5. The Labute approximate surface area is 156 Å². The van der Waals surface area contributed by atoms with Crippen molar-refractivity contribution in [2.24, 2.45) is 0 Å². The lowest BCUT2D eigenvalue weighted by atomic mass is 10.1. The van der Waals surface area contributed by atoms with E-state index in [1.807, 2.05) is 32.0 Å². The number of rotatable bonds is 8. The molecular weight excluding hydrogens is 326 g/mol. The summed E-state index contributed by atoms with van der Waals surface area (Å²) in [5, 5.41) is 2.96. The average Bonchev–Trinajstić information content (AvgIpc) is 2.63. The van der Waals surface area contributed by atoms with Gasteiger partial charge < -0.3 is 14.8 Å². The van der Waals surface area contributed by atoms with Gasteiger partial charge in [0, 0.05) is 6.54 Å². The van der Waals surface area contributed by atoms with Crippen molar-refractivity contribution in [1.29, 1.82) is 0 Å². The number of ether oxygens (including phenoxy) is 2. The molecular formula is C22H29NO3. The summed E-state index contributed by atoms with van der Waals surface area (Å²) < 4.78 is 11.0. The molecule has 0 saturated carbocycles. The van der Waals surface area contributed by atoms with Gasteiger partial charge in [-0.25, -0.2) is 0 Å². The van der Waals surface area contributed by atoms with Crippen molar-refractivity contribution in [3.63, 3.8) is 0 Å². The Morgan fingerprint density at radius 3 is 2.46 bits per heavy atom. The zero-order valence-electron chi connectivity index (χ0n) is 16.4. The molecule has 2 aromatic carbocycles. The number of carbonyl (C=O) groups is 1. The van der Waals surface area contributed by atoms with Crippen LogP contribution in [0, 0.1) is 20.8 Å². The zero-order chi connectivity index (χ0) is 19.1. The number of nitrogens with one attached hydrogen (secondary N) is 1. The maximum absolute atomic E-state index is 12.3. The molecule has 0 spiro atoms. The maximum atomic E-state index is 12.3. The first-order valence-corrected chi connectivity index (χ1v) is 9.06. The van der Waals surface area contributed by atoms with Crippen LogP contribution in [0.4, 0.5) is 0 Å². The molecule has 140 valence electrons. The third-order valence-electron chi connectivity index (χ3n) is 4.54. The van der Waals surface area contributed by atoms with E-state index in [2.05, 4.69) is 30.4 Å². The summed E-state index contributed by atoms with van der Waals surface area (Å²) in [6, 6.07) is 12.1. The summed E-state index contributed by atoms with van der Waals surface area (Å²) in [7, 11) is 1.66. The topological polar surface area (TPSA) is 47.6 Å². The maximum Gasteiger partial charge on any atom is 0.260 e. The van der Waals surface area contributed by atoms with E-state index < -0.39 is 6.10 Å². The third-order valence-corrected chi connectivity index (χ3v) is 4.54. The molecule has 1 N–H and O–H groups in total. The highest BCUT2D eigenvalue weighted by Gasteiger charge is 2.16. The van der Waals surface area contributed by atoms with Crippen LogP contribution in [-0.4, -0.2) is 25.7 Å². The minimum absolute atomic E-state index is 0.0849. The monoisotopic (exact) mass is 355 g/mol. The summed E-state index contributed by atoms with van der Waals surface area (Å²) >= 11 is 0. The summed E-state index contributed by atoms with van der Waals surface area (Å²) in [5.41, 5.74) is 4.62. The number of benzene rings is 2. The van der Waals surface area contributed by atoms with E-state index in [0.717, 1.165) is 35.5 Å². The lowest BCUT2D eigenvalue weighted by Crippen LogP contribution is -2.37. The third kappa shape index (κ3) is 5.51. The minimum atomic E-state index is -0.518. The summed E-state index contributed by atoms with van der Waals surface area (Å²) in [6.45, 7) is 8.52. The second-order valence-corrected chi connectivity index (χ2v) is 6.71. The first-order valence-electron chi connectivity index (χ1n) is 9.06. The van der Waals surface area contributed by atoms with Crippen LogP contribution in [-0.2, 0) is 11.2 Å². The average molecular weight is 355 g/mol. The number of aryl methyl sites for hydroxylation is 3. The standard InChI is InChI=1S/C22H29NO3/c1-15-13-16(2)17(3)21(14-15)26-18(4)22(24)23-12-6-7-19-8-10-20(25-5)11-9-19/h8-11,13-14,18H,6-7,12H2,1-5H3,(H,23,24)/t18-/m1/s1. The highest BCUT2D eigenvalue weighted by Crippen LogP contribution is 2.24. The first kappa shape index (κ1) is 19.8. The van der Waals surface area contributed by atoms with E-state index in [0.29, 0.717) is 6.54 Å². The van der Waals surface area contributed by atoms with Crippen LogP contribution in [0.2, 0.25) is 0 Å². The summed E-state index contributed by atoms with van der Waals surface area (Å²) in [5.74, 6) is 1.55. The number of hydrogen-bond donors (Lipinski definition) is 1. The van der Waals surface area contributed by atoms with Gasteiger partial charge in [0.2, 0.25) is 0 Å². The highest BCUT2D eigenvalue weighted by molar-refractivity contribution is 5.80. The normalized spacial score (nSPS) is 11.7. The molecule has 4 heteroatoms. The fourth-order valence-electron chi connectivity index (χ4n) is 2.81. The van der Waals surface area contributed by atoms with Gasteiger partial charge in [-0.2, -0.15) is 0 Å². The number of amides is 1. The van der Waals surface area contributed by atoms with E-state index >= 15 is 0 Å². The quantitative estimate of drug-likeness (QED) is 0.724. The van der Waals surface area contributed by atoms with Crippen molar-refractivity contribution in [2.75, 3.05) is 13.7 Å². The molecule has 26 heavy (non-hydrogen) atoms. The second kappa shape index (κ2) is 9.27. The van der Waals surface area contributed by atoms with Crippen LogP contribution in [0.3, 0.4) is 0 Å². The van der Waals surface area contributed by atoms with Crippen molar-refractivity contribution in [1.82, 2.24) is 5.32 Å². The SMILES string of the molecule is COc1ccc(CCCNC(=O)[C@@H](C)Oc2cc(C)cc(C)c2C)cc1. The van der Waals surface area contributed by atoms with Gasteiger partial charge in [0.1, 0.15) is 11.5 Å². The van der Waals surface area contributed by atoms with Gasteiger partial charge in [-0.3, -0.25) is 4.79 Å². The van der Waals surface area contributed by atoms with Gasteiger partial charge in [-0.15, -0.1) is 0 Å². The molecule has 0 unspecified atom stereocenters. The Morgan fingerprint density at radius 2 is 1.81 bits per heavy atom. The molecule has 0 aliphatic rings. The lowest BCUT2D eigenvalue weighted by Gasteiger charge is -2.18. The van der Waals surface area contributed by atoms with Gasteiger partial charge in [0.25, 0.3) is 5.91 Å². The van der Waals surface area contributed by atoms with Crippen molar-refractivity contribution in [3.05, 3.63) is 58.7 Å². The van der Waals surface area contributed by atoms with Crippen LogP contribution >= 0.6 is 0 Å². The molecule has 0 bridgehead atoms. The molecule has 2 aromatic rings. The van der Waals surface area contributed by atoms with Crippen molar-refractivity contribution in [3.8, 4) is 11.5 Å².